The quantitative estimate of drug-likeness (QED) is 0.182. The summed E-state index contributed by atoms with van der Waals surface area (Å²) in [7, 11) is 0.956. The molecule has 1 fully saturated rings. The number of aliphatic imine (C=N–C) groups is 1. The summed E-state index contributed by atoms with van der Waals surface area (Å²) in [4.78, 5) is 4.77. The topological polar surface area (TPSA) is 72.0 Å². The zero-order valence-corrected chi connectivity index (χ0v) is 22.6. The summed E-state index contributed by atoms with van der Waals surface area (Å²) < 4.78 is 23.2. The molecule has 0 spiro atoms. The number of guanidine groups is 1. The summed E-state index contributed by atoms with van der Waals surface area (Å²) in [6, 6.07) is 6.47. The van der Waals surface area contributed by atoms with Crippen LogP contribution in [0.25, 0.3) is 0 Å². The van der Waals surface area contributed by atoms with Crippen LogP contribution in [0.15, 0.2) is 23.2 Å². The Morgan fingerprint density at radius 1 is 1.23 bits per heavy atom. The molecule has 3 atom stereocenters. The summed E-state index contributed by atoms with van der Waals surface area (Å²) in [5.41, 5.74) is 1.23. The fourth-order valence-electron chi connectivity index (χ4n) is 3.88. The van der Waals surface area contributed by atoms with Crippen molar-refractivity contribution in [1.82, 2.24) is 10.6 Å². The molecule has 0 saturated heterocycles. The van der Waals surface area contributed by atoms with Gasteiger partial charge in [0.25, 0.3) is 0 Å². The van der Waals surface area contributed by atoms with Crippen LogP contribution in [0.5, 0.6) is 11.5 Å². The first kappa shape index (κ1) is 28.0. The predicted octanol–water partition coefficient (Wildman–Crippen LogP) is 4.28. The number of benzene rings is 1. The lowest BCUT2D eigenvalue weighted by Gasteiger charge is -2.30. The molecule has 1 aliphatic rings. The fourth-order valence-corrected chi connectivity index (χ4v) is 5.23. The van der Waals surface area contributed by atoms with Crippen molar-refractivity contribution in [2.45, 2.75) is 70.6 Å². The van der Waals surface area contributed by atoms with Gasteiger partial charge >= 0.3 is 0 Å². The van der Waals surface area contributed by atoms with Gasteiger partial charge in [0.15, 0.2) is 17.5 Å². The van der Waals surface area contributed by atoms with E-state index in [4.69, 9.17) is 14.5 Å². The van der Waals surface area contributed by atoms with Gasteiger partial charge in [-0.1, -0.05) is 19.4 Å². The third-order valence-electron chi connectivity index (χ3n) is 5.39. The number of rotatable bonds is 11. The van der Waals surface area contributed by atoms with Gasteiger partial charge in [0.1, 0.15) is 0 Å². The van der Waals surface area contributed by atoms with E-state index < -0.39 is 10.8 Å². The second-order valence-corrected chi connectivity index (χ2v) is 9.59. The Morgan fingerprint density at radius 2 is 2.03 bits per heavy atom. The molecule has 6 nitrogen and oxygen atoms in total. The fraction of sp³-hybridized carbons (Fsp3) is 0.696. The Bertz CT molecular complexity index is 703. The monoisotopic (exact) mass is 565 g/mol. The molecular weight excluding hydrogens is 525 g/mol. The van der Waals surface area contributed by atoms with E-state index in [1.54, 1.807) is 7.11 Å². The molecule has 1 aliphatic carbocycles. The first-order chi connectivity index (χ1) is 14.6. The molecule has 8 heteroatoms. The van der Waals surface area contributed by atoms with Crippen molar-refractivity contribution in [2.75, 3.05) is 32.6 Å². The average molecular weight is 566 g/mol. The molecule has 2 N–H and O–H groups in total. The Hall–Kier alpha value is -1.03. The lowest BCUT2D eigenvalue weighted by atomic mass is 9.95. The van der Waals surface area contributed by atoms with Crippen molar-refractivity contribution in [3.05, 3.63) is 23.8 Å². The maximum absolute atomic E-state index is 12.2. The Morgan fingerprint density at radius 3 is 2.71 bits per heavy atom. The van der Waals surface area contributed by atoms with Crippen molar-refractivity contribution in [3.63, 3.8) is 0 Å². The van der Waals surface area contributed by atoms with E-state index in [0.29, 0.717) is 17.9 Å². The normalized spacial score (nSPS) is 19.8. The Labute approximate surface area is 207 Å². The lowest BCUT2D eigenvalue weighted by Crippen LogP contribution is -2.46. The van der Waals surface area contributed by atoms with E-state index in [1.165, 1.54) is 5.56 Å². The molecule has 0 aliphatic heterocycles. The maximum Gasteiger partial charge on any atom is 0.191 e. The minimum Gasteiger partial charge on any atom is -0.493 e. The summed E-state index contributed by atoms with van der Waals surface area (Å²) in [5, 5.41) is 7.25. The van der Waals surface area contributed by atoms with E-state index in [0.717, 1.165) is 74.8 Å². The second kappa shape index (κ2) is 15.7. The van der Waals surface area contributed by atoms with Gasteiger partial charge in [0.05, 0.1) is 13.7 Å². The van der Waals surface area contributed by atoms with E-state index in [-0.39, 0.29) is 24.0 Å². The largest absolute Gasteiger partial charge is 0.493 e. The molecule has 3 unspecified atom stereocenters. The van der Waals surface area contributed by atoms with Gasteiger partial charge < -0.3 is 20.1 Å². The van der Waals surface area contributed by atoms with Gasteiger partial charge in [-0.15, -0.1) is 24.0 Å². The smallest absolute Gasteiger partial charge is 0.191 e. The number of halogens is 1. The molecule has 1 saturated carbocycles. The number of ether oxygens (including phenoxy) is 2. The zero-order chi connectivity index (χ0) is 21.8. The van der Waals surface area contributed by atoms with Crippen molar-refractivity contribution in [1.29, 1.82) is 0 Å². The molecule has 178 valence electrons. The van der Waals surface area contributed by atoms with E-state index in [1.807, 2.05) is 19.9 Å². The van der Waals surface area contributed by atoms with Crippen LogP contribution in [-0.2, 0) is 17.2 Å². The van der Waals surface area contributed by atoms with Crippen LogP contribution in [0.4, 0.5) is 0 Å². The third-order valence-corrected chi connectivity index (χ3v) is 7.13. The van der Waals surface area contributed by atoms with Gasteiger partial charge in [-0.3, -0.25) is 9.20 Å². The number of aryl methyl sites for hydroxylation is 1. The third kappa shape index (κ3) is 9.55. The molecule has 2 rings (SSSR count). The summed E-state index contributed by atoms with van der Waals surface area (Å²) in [6.45, 7) is 8.28. The van der Waals surface area contributed by atoms with Crippen LogP contribution in [0.1, 0.15) is 58.4 Å². The molecule has 0 bridgehead atoms. The van der Waals surface area contributed by atoms with Gasteiger partial charge in [0, 0.05) is 40.9 Å². The molecule has 0 aromatic heterocycles. The first-order valence-electron chi connectivity index (χ1n) is 11.3. The first-order valence-corrected chi connectivity index (χ1v) is 12.7. The number of methoxy groups -OCH3 is 1. The van der Waals surface area contributed by atoms with Crippen molar-refractivity contribution in [2.24, 2.45) is 4.99 Å². The van der Waals surface area contributed by atoms with Crippen LogP contribution in [0, 0.1) is 0 Å². The molecule has 0 heterocycles. The van der Waals surface area contributed by atoms with E-state index >= 15 is 0 Å². The summed E-state index contributed by atoms with van der Waals surface area (Å²) in [6.07, 6.45) is 6.20. The van der Waals surface area contributed by atoms with E-state index in [2.05, 4.69) is 29.7 Å². The zero-order valence-electron chi connectivity index (χ0n) is 19.4. The molecule has 31 heavy (non-hydrogen) atoms. The van der Waals surface area contributed by atoms with Gasteiger partial charge in [-0.05, 0) is 63.6 Å². The predicted molar refractivity (Wildman–Crippen MR) is 142 cm³/mol. The van der Waals surface area contributed by atoms with Gasteiger partial charge in [0.2, 0.25) is 0 Å². The number of nitrogens with one attached hydrogen (secondary N) is 2. The maximum atomic E-state index is 12.2. The number of hydrogen-bond acceptors (Lipinski definition) is 4. The standard InChI is InChI=1S/C23H39N3O3S.HI/c1-5-24-23(26-19-11-8-12-20(17-19)30(27)7-3)25-15-9-10-18-13-14-21(28-4)22(16-18)29-6-2;/h13-14,16,19-20H,5-12,15,17H2,1-4H3,(H2,24,25,26);1H. The number of hydrogen-bond donors (Lipinski definition) is 2. The second-order valence-electron chi connectivity index (χ2n) is 7.58. The average Bonchev–Trinajstić information content (AvgIpc) is 2.77. The molecule has 1 aromatic rings. The summed E-state index contributed by atoms with van der Waals surface area (Å²) in [5.74, 6) is 3.19. The molecular formula is C23H40IN3O3S. The Kier molecular flexibility index (Phi) is 14.2. The van der Waals surface area contributed by atoms with Crippen molar-refractivity contribution < 1.29 is 13.7 Å². The highest BCUT2D eigenvalue weighted by molar-refractivity contribution is 14.0. The van der Waals surface area contributed by atoms with Crippen molar-refractivity contribution >= 4 is 40.7 Å². The molecule has 0 radical (unpaired) electrons. The SMILES string of the molecule is CCNC(=NCCCc1ccc(OC)c(OCC)c1)NC1CCCC(S(=O)CC)C1.I. The number of nitrogens with zero attached hydrogens (tertiary/aromatic N) is 1. The van der Waals surface area contributed by atoms with Crippen LogP contribution < -0.4 is 20.1 Å². The molecule has 1 aromatic carbocycles. The van der Waals surface area contributed by atoms with E-state index in [9.17, 15) is 4.21 Å². The lowest BCUT2D eigenvalue weighted by molar-refractivity contribution is 0.310. The van der Waals surface area contributed by atoms with Crippen LogP contribution >= 0.6 is 24.0 Å². The Balaban J connectivity index is 0.00000480. The van der Waals surface area contributed by atoms with Gasteiger partial charge in [-0.2, -0.15) is 0 Å². The highest BCUT2D eigenvalue weighted by Gasteiger charge is 2.26. The molecule has 0 amide bonds. The van der Waals surface area contributed by atoms with Crippen molar-refractivity contribution in [3.8, 4) is 11.5 Å². The van der Waals surface area contributed by atoms with Crippen LogP contribution in [-0.4, -0.2) is 54.0 Å². The summed E-state index contributed by atoms with van der Waals surface area (Å²) >= 11 is 0. The van der Waals surface area contributed by atoms with Crippen LogP contribution in [0.2, 0.25) is 0 Å². The minimum atomic E-state index is -0.706. The van der Waals surface area contributed by atoms with Crippen LogP contribution in [0.3, 0.4) is 0 Å². The highest BCUT2D eigenvalue weighted by atomic mass is 127. The minimum absolute atomic E-state index is 0. The van der Waals surface area contributed by atoms with Gasteiger partial charge in [-0.25, -0.2) is 0 Å². The highest BCUT2D eigenvalue weighted by Crippen LogP contribution is 2.28.